The number of amides is 1. The maximum atomic E-state index is 11.1. The van der Waals surface area contributed by atoms with Gasteiger partial charge in [-0.25, -0.2) is 4.79 Å². The first-order valence-corrected chi connectivity index (χ1v) is 5.39. The average molecular weight is 254 g/mol. The van der Waals surface area contributed by atoms with Crippen molar-refractivity contribution in [2.75, 3.05) is 6.54 Å². The number of rotatable bonds is 5. The normalized spacial score (nSPS) is 10.4. The summed E-state index contributed by atoms with van der Waals surface area (Å²) in [5.74, 6) is -1.56. The zero-order chi connectivity index (χ0) is 12.7. The van der Waals surface area contributed by atoms with Crippen LogP contribution in [0.5, 0.6) is 0 Å². The fourth-order valence-electron chi connectivity index (χ4n) is 1.19. The molecule has 0 radical (unpaired) electrons. The molecule has 0 aromatic heterocycles. The zero-order valence-electron chi connectivity index (χ0n) is 9.02. The van der Waals surface area contributed by atoms with E-state index in [1.165, 1.54) is 0 Å². The maximum absolute atomic E-state index is 11.1. The Morgan fingerprint density at radius 1 is 1.24 bits per heavy atom. The van der Waals surface area contributed by atoms with Crippen LogP contribution in [0.2, 0.25) is 5.02 Å². The number of hydrogen-bond donors (Lipinski definition) is 2. The molecule has 0 aliphatic heterocycles. The summed E-state index contributed by atoms with van der Waals surface area (Å²) in [5, 5.41) is 11.6. The van der Waals surface area contributed by atoms with Crippen molar-refractivity contribution in [3.63, 3.8) is 0 Å². The molecule has 4 nitrogen and oxygen atoms in total. The van der Waals surface area contributed by atoms with Gasteiger partial charge in [0.1, 0.15) is 0 Å². The van der Waals surface area contributed by atoms with E-state index in [4.69, 9.17) is 16.7 Å². The fourth-order valence-corrected chi connectivity index (χ4v) is 1.31. The molecule has 0 bridgehead atoms. The molecule has 17 heavy (non-hydrogen) atoms. The van der Waals surface area contributed by atoms with Crippen molar-refractivity contribution < 1.29 is 14.7 Å². The number of aliphatic carboxylic acids is 1. The van der Waals surface area contributed by atoms with Crippen molar-refractivity contribution in [1.29, 1.82) is 0 Å². The molecule has 1 aromatic rings. The highest BCUT2D eigenvalue weighted by Gasteiger charge is 1.97. The number of carbonyl (C=O) groups excluding carboxylic acids is 1. The zero-order valence-corrected chi connectivity index (χ0v) is 9.78. The summed E-state index contributed by atoms with van der Waals surface area (Å²) < 4.78 is 0. The third-order valence-corrected chi connectivity index (χ3v) is 2.26. The number of hydrogen-bond acceptors (Lipinski definition) is 2. The highest BCUT2D eigenvalue weighted by molar-refractivity contribution is 6.30. The first kappa shape index (κ1) is 13.3. The first-order chi connectivity index (χ1) is 8.08. The van der Waals surface area contributed by atoms with Crippen LogP contribution in [0.3, 0.4) is 0 Å². The summed E-state index contributed by atoms with van der Waals surface area (Å²) in [6.45, 7) is 0.449. The molecule has 5 heteroatoms. The summed E-state index contributed by atoms with van der Waals surface area (Å²) in [4.78, 5) is 21.3. The minimum atomic E-state index is -1.14. The van der Waals surface area contributed by atoms with E-state index in [-0.39, 0.29) is 0 Å². The molecule has 0 saturated heterocycles. The van der Waals surface area contributed by atoms with Gasteiger partial charge in [0.15, 0.2) is 0 Å². The number of carbonyl (C=O) groups is 2. The number of nitrogens with one attached hydrogen (secondary N) is 1. The number of carboxylic acid groups (broad SMARTS) is 1. The van der Waals surface area contributed by atoms with Crippen LogP contribution >= 0.6 is 11.6 Å². The fraction of sp³-hybridized carbons (Fsp3) is 0.167. The highest BCUT2D eigenvalue weighted by Crippen LogP contribution is 2.09. The van der Waals surface area contributed by atoms with Crippen molar-refractivity contribution >= 4 is 23.5 Å². The monoisotopic (exact) mass is 253 g/mol. The van der Waals surface area contributed by atoms with Gasteiger partial charge in [-0.15, -0.1) is 0 Å². The van der Waals surface area contributed by atoms with Crippen LogP contribution in [-0.4, -0.2) is 23.5 Å². The summed E-state index contributed by atoms with van der Waals surface area (Å²) >= 11 is 5.73. The van der Waals surface area contributed by atoms with Crippen LogP contribution in [0.15, 0.2) is 36.4 Å². The van der Waals surface area contributed by atoms with E-state index in [2.05, 4.69) is 5.32 Å². The lowest BCUT2D eigenvalue weighted by atomic mass is 10.1. The molecule has 0 heterocycles. The van der Waals surface area contributed by atoms with E-state index in [1.54, 1.807) is 12.1 Å². The van der Waals surface area contributed by atoms with Crippen molar-refractivity contribution in [3.8, 4) is 0 Å². The molecule has 0 spiro atoms. The molecule has 0 unspecified atom stereocenters. The lowest BCUT2D eigenvalue weighted by molar-refractivity contribution is -0.131. The molecule has 1 rings (SSSR count). The Kier molecular flexibility index (Phi) is 5.23. The van der Waals surface area contributed by atoms with Crippen LogP contribution < -0.4 is 5.32 Å². The predicted octanol–water partition coefficient (Wildman–Crippen LogP) is 1.64. The van der Waals surface area contributed by atoms with Crippen molar-refractivity contribution in [3.05, 3.63) is 47.0 Å². The van der Waals surface area contributed by atoms with Crippen molar-refractivity contribution in [2.45, 2.75) is 6.42 Å². The molecular formula is C12H12ClNO3. The Labute approximate surface area is 104 Å². The molecular weight excluding hydrogens is 242 g/mol. The number of carboxylic acids is 1. The van der Waals surface area contributed by atoms with Crippen LogP contribution in [0, 0.1) is 0 Å². The Hall–Kier alpha value is -1.81. The van der Waals surface area contributed by atoms with Crippen molar-refractivity contribution in [2.24, 2.45) is 0 Å². The molecule has 0 aliphatic rings. The summed E-state index contributed by atoms with van der Waals surface area (Å²) in [5.41, 5.74) is 1.05. The van der Waals surface area contributed by atoms with Gasteiger partial charge in [0.2, 0.25) is 5.91 Å². The maximum Gasteiger partial charge on any atom is 0.328 e. The molecule has 0 saturated carbocycles. The quantitative estimate of drug-likeness (QED) is 0.784. The first-order valence-electron chi connectivity index (χ1n) is 5.01. The number of halogens is 1. The second kappa shape index (κ2) is 6.70. The molecule has 90 valence electrons. The molecule has 0 atom stereocenters. The predicted molar refractivity (Wildman–Crippen MR) is 64.9 cm³/mol. The van der Waals surface area contributed by atoms with Gasteiger partial charge in [-0.1, -0.05) is 23.7 Å². The topological polar surface area (TPSA) is 66.4 Å². The Balaban J connectivity index is 2.30. The van der Waals surface area contributed by atoms with Crippen LogP contribution in [-0.2, 0) is 16.0 Å². The lowest BCUT2D eigenvalue weighted by Crippen LogP contribution is -2.23. The SMILES string of the molecule is O=C(O)C=CC(=O)NCCc1ccc(Cl)cc1. The summed E-state index contributed by atoms with van der Waals surface area (Å²) in [6, 6.07) is 7.31. The average Bonchev–Trinajstić information content (AvgIpc) is 2.29. The Morgan fingerprint density at radius 2 is 1.88 bits per heavy atom. The van der Waals surface area contributed by atoms with E-state index >= 15 is 0 Å². The molecule has 1 amide bonds. The van der Waals surface area contributed by atoms with Gasteiger partial charge in [0.05, 0.1) is 0 Å². The number of benzene rings is 1. The van der Waals surface area contributed by atoms with Gasteiger partial charge >= 0.3 is 5.97 Å². The molecule has 2 N–H and O–H groups in total. The second-order valence-corrected chi connectivity index (χ2v) is 3.78. The van der Waals surface area contributed by atoms with Crippen LogP contribution in [0.4, 0.5) is 0 Å². The Morgan fingerprint density at radius 3 is 2.47 bits per heavy atom. The highest BCUT2D eigenvalue weighted by atomic mass is 35.5. The lowest BCUT2D eigenvalue weighted by Gasteiger charge is -2.02. The van der Waals surface area contributed by atoms with E-state index < -0.39 is 11.9 Å². The van der Waals surface area contributed by atoms with Gasteiger partial charge in [0, 0.05) is 23.7 Å². The van der Waals surface area contributed by atoms with Gasteiger partial charge < -0.3 is 10.4 Å². The van der Waals surface area contributed by atoms with Crippen LogP contribution in [0.25, 0.3) is 0 Å². The minimum Gasteiger partial charge on any atom is -0.478 e. The molecule has 0 aliphatic carbocycles. The van der Waals surface area contributed by atoms with E-state index in [9.17, 15) is 9.59 Å². The smallest absolute Gasteiger partial charge is 0.328 e. The Bertz CT molecular complexity index is 426. The molecule has 1 aromatic carbocycles. The standard InChI is InChI=1S/C12H12ClNO3/c13-10-3-1-9(2-4-10)7-8-14-11(15)5-6-12(16)17/h1-6H,7-8H2,(H,14,15)(H,16,17). The summed E-state index contributed by atoms with van der Waals surface area (Å²) in [6.07, 6.45) is 2.46. The van der Waals surface area contributed by atoms with Gasteiger partial charge in [0.25, 0.3) is 0 Å². The molecule has 0 fully saturated rings. The van der Waals surface area contributed by atoms with E-state index in [0.717, 1.165) is 17.7 Å². The third-order valence-electron chi connectivity index (χ3n) is 2.00. The van der Waals surface area contributed by atoms with Gasteiger partial charge in [-0.05, 0) is 24.1 Å². The van der Waals surface area contributed by atoms with Crippen LogP contribution in [0.1, 0.15) is 5.56 Å². The second-order valence-electron chi connectivity index (χ2n) is 3.34. The van der Waals surface area contributed by atoms with Crippen molar-refractivity contribution in [1.82, 2.24) is 5.32 Å². The van der Waals surface area contributed by atoms with E-state index in [1.807, 2.05) is 12.1 Å². The van der Waals surface area contributed by atoms with Gasteiger partial charge in [-0.2, -0.15) is 0 Å². The van der Waals surface area contributed by atoms with Gasteiger partial charge in [-0.3, -0.25) is 4.79 Å². The third kappa shape index (κ3) is 5.73. The van der Waals surface area contributed by atoms with E-state index in [0.29, 0.717) is 18.0 Å². The largest absolute Gasteiger partial charge is 0.478 e. The summed E-state index contributed by atoms with van der Waals surface area (Å²) in [7, 11) is 0. The minimum absolute atomic E-state index is 0.415.